The van der Waals surface area contributed by atoms with E-state index in [1.54, 1.807) is 11.3 Å². The molecule has 1 aliphatic rings. The number of nitrogens with zero attached hydrogens (tertiary/aromatic N) is 2. The molecule has 0 aliphatic carbocycles. The summed E-state index contributed by atoms with van der Waals surface area (Å²) in [5.74, 6) is 0. The summed E-state index contributed by atoms with van der Waals surface area (Å²) in [7, 11) is 0. The van der Waals surface area contributed by atoms with Crippen LogP contribution in [0.4, 0.5) is 0 Å². The van der Waals surface area contributed by atoms with E-state index in [0.717, 1.165) is 38.4 Å². The van der Waals surface area contributed by atoms with Crippen LogP contribution >= 0.6 is 11.3 Å². The highest BCUT2D eigenvalue weighted by Gasteiger charge is 2.20. The number of rotatable bonds is 4. The Labute approximate surface area is 100 Å². The van der Waals surface area contributed by atoms with Crippen molar-refractivity contribution >= 4 is 11.3 Å². The average molecular weight is 241 g/mol. The maximum absolute atomic E-state index is 5.53. The molecule has 0 radical (unpaired) electrons. The van der Waals surface area contributed by atoms with Crippen LogP contribution in [0.25, 0.3) is 0 Å². The third-order valence-electron chi connectivity index (χ3n) is 2.92. The monoisotopic (exact) mass is 241 g/mol. The molecule has 0 saturated carbocycles. The summed E-state index contributed by atoms with van der Waals surface area (Å²) >= 11 is 1.74. The minimum atomic E-state index is 0.403. The first-order valence-corrected chi connectivity index (χ1v) is 6.65. The van der Waals surface area contributed by atoms with Gasteiger partial charge in [0.25, 0.3) is 0 Å². The van der Waals surface area contributed by atoms with Crippen LogP contribution < -0.4 is 5.73 Å². The van der Waals surface area contributed by atoms with E-state index in [1.807, 2.05) is 0 Å². The molecule has 90 valence electrons. The quantitative estimate of drug-likeness (QED) is 0.855. The van der Waals surface area contributed by atoms with E-state index < -0.39 is 0 Å². The third-order valence-corrected chi connectivity index (χ3v) is 3.98. The predicted molar refractivity (Wildman–Crippen MR) is 65.7 cm³/mol. The number of nitrogens with two attached hydrogens (primary N) is 1. The van der Waals surface area contributed by atoms with Crippen molar-refractivity contribution in [3.8, 4) is 0 Å². The highest BCUT2D eigenvalue weighted by atomic mass is 32.1. The zero-order valence-corrected chi connectivity index (χ0v) is 10.5. The summed E-state index contributed by atoms with van der Waals surface area (Å²) in [5.41, 5.74) is 6.65. The van der Waals surface area contributed by atoms with Crippen molar-refractivity contribution in [2.75, 3.05) is 32.8 Å². The lowest BCUT2D eigenvalue weighted by Crippen LogP contribution is -2.38. The second-order valence-electron chi connectivity index (χ2n) is 4.04. The number of thiazole rings is 1. The summed E-state index contributed by atoms with van der Waals surface area (Å²) < 4.78 is 5.35. The van der Waals surface area contributed by atoms with E-state index in [9.17, 15) is 0 Å². The van der Waals surface area contributed by atoms with Crippen LogP contribution in [-0.4, -0.2) is 42.7 Å². The SMILES string of the molecule is CC(c1nc(CCN)cs1)N1CCOCC1. The van der Waals surface area contributed by atoms with Gasteiger partial charge in [-0.25, -0.2) is 4.98 Å². The Balaban J connectivity index is 1.98. The summed E-state index contributed by atoms with van der Waals surface area (Å²) in [5, 5.41) is 3.32. The molecule has 4 nitrogen and oxygen atoms in total. The molecule has 0 aromatic carbocycles. The Morgan fingerprint density at radius 3 is 3.00 bits per heavy atom. The van der Waals surface area contributed by atoms with Crippen molar-refractivity contribution in [2.45, 2.75) is 19.4 Å². The molecule has 0 bridgehead atoms. The fourth-order valence-electron chi connectivity index (χ4n) is 1.90. The summed E-state index contributed by atoms with van der Waals surface area (Å²) in [6, 6.07) is 0.403. The summed E-state index contributed by atoms with van der Waals surface area (Å²) in [6.07, 6.45) is 0.881. The van der Waals surface area contributed by atoms with Gasteiger partial charge in [-0.05, 0) is 13.5 Å². The van der Waals surface area contributed by atoms with Gasteiger partial charge in [0.1, 0.15) is 5.01 Å². The van der Waals surface area contributed by atoms with Crippen LogP contribution in [-0.2, 0) is 11.2 Å². The van der Waals surface area contributed by atoms with Crippen LogP contribution in [0.15, 0.2) is 5.38 Å². The number of aromatic nitrogens is 1. The molecule has 1 saturated heterocycles. The third kappa shape index (κ3) is 2.79. The Hall–Kier alpha value is -0.490. The Kier molecular flexibility index (Phi) is 4.29. The summed E-state index contributed by atoms with van der Waals surface area (Å²) in [6.45, 7) is 6.59. The van der Waals surface area contributed by atoms with Gasteiger partial charge >= 0.3 is 0 Å². The second kappa shape index (κ2) is 5.72. The minimum Gasteiger partial charge on any atom is -0.379 e. The van der Waals surface area contributed by atoms with Crippen LogP contribution in [0.3, 0.4) is 0 Å². The van der Waals surface area contributed by atoms with Gasteiger partial charge < -0.3 is 10.5 Å². The average Bonchev–Trinajstić information content (AvgIpc) is 2.78. The highest BCUT2D eigenvalue weighted by molar-refractivity contribution is 7.09. The molecule has 1 aromatic heterocycles. The largest absolute Gasteiger partial charge is 0.379 e. The lowest BCUT2D eigenvalue weighted by atomic mass is 10.2. The zero-order chi connectivity index (χ0) is 11.4. The molecule has 0 amide bonds. The number of hydrogen-bond acceptors (Lipinski definition) is 5. The molecule has 16 heavy (non-hydrogen) atoms. The maximum Gasteiger partial charge on any atom is 0.110 e. The van der Waals surface area contributed by atoms with Crippen molar-refractivity contribution in [3.63, 3.8) is 0 Å². The standard InChI is InChI=1S/C11H19N3OS/c1-9(14-4-6-15-7-5-14)11-13-10(2-3-12)8-16-11/h8-9H,2-7,12H2,1H3. The molecular weight excluding hydrogens is 222 g/mol. The van der Waals surface area contributed by atoms with E-state index in [2.05, 4.69) is 22.2 Å². The molecule has 1 aromatic rings. The molecule has 1 unspecified atom stereocenters. The molecule has 2 rings (SSSR count). The van der Waals surface area contributed by atoms with Gasteiger partial charge in [0, 0.05) is 24.9 Å². The first-order chi connectivity index (χ1) is 7.81. The molecule has 5 heteroatoms. The molecule has 0 spiro atoms. The van der Waals surface area contributed by atoms with E-state index in [-0.39, 0.29) is 0 Å². The van der Waals surface area contributed by atoms with E-state index >= 15 is 0 Å². The molecular formula is C11H19N3OS. The van der Waals surface area contributed by atoms with Gasteiger partial charge in [0.05, 0.1) is 24.9 Å². The molecule has 2 N–H and O–H groups in total. The van der Waals surface area contributed by atoms with E-state index in [1.165, 1.54) is 5.01 Å². The van der Waals surface area contributed by atoms with Gasteiger partial charge in [-0.1, -0.05) is 0 Å². The van der Waals surface area contributed by atoms with Crippen molar-refractivity contribution in [2.24, 2.45) is 5.73 Å². The predicted octanol–water partition coefficient (Wildman–Crippen LogP) is 1.04. The minimum absolute atomic E-state index is 0.403. The van der Waals surface area contributed by atoms with Gasteiger partial charge in [-0.15, -0.1) is 11.3 Å². The van der Waals surface area contributed by atoms with Crippen molar-refractivity contribution < 1.29 is 4.74 Å². The molecule has 1 fully saturated rings. The van der Waals surface area contributed by atoms with Crippen LogP contribution in [0, 0.1) is 0 Å². The zero-order valence-electron chi connectivity index (χ0n) is 9.69. The van der Waals surface area contributed by atoms with E-state index in [4.69, 9.17) is 10.5 Å². The van der Waals surface area contributed by atoms with Gasteiger partial charge in [-0.2, -0.15) is 0 Å². The highest BCUT2D eigenvalue weighted by Crippen LogP contribution is 2.24. The Morgan fingerprint density at radius 2 is 2.31 bits per heavy atom. The Bertz CT molecular complexity index is 323. The smallest absolute Gasteiger partial charge is 0.110 e. The van der Waals surface area contributed by atoms with Crippen LogP contribution in [0.5, 0.6) is 0 Å². The number of morpholine rings is 1. The van der Waals surface area contributed by atoms with Gasteiger partial charge in [0.15, 0.2) is 0 Å². The maximum atomic E-state index is 5.53. The van der Waals surface area contributed by atoms with Crippen molar-refractivity contribution in [3.05, 3.63) is 16.1 Å². The van der Waals surface area contributed by atoms with Crippen molar-refractivity contribution in [1.29, 1.82) is 0 Å². The molecule has 2 heterocycles. The van der Waals surface area contributed by atoms with Crippen molar-refractivity contribution in [1.82, 2.24) is 9.88 Å². The van der Waals surface area contributed by atoms with Crippen LogP contribution in [0.2, 0.25) is 0 Å². The summed E-state index contributed by atoms with van der Waals surface area (Å²) in [4.78, 5) is 7.06. The Morgan fingerprint density at radius 1 is 1.56 bits per heavy atom. The fraction of sp³-hybridized carbons (Fsp3) is 0.727. The first-order valence-electron chi connectivity index (χ1n) is 5.77. The van der Waals surface area contributed by atoms with E-state index in [0.29, 0.717) is 12.6 Å². The molecule has 1 aliphatic heterocycles. The lowest BCUT2D eigenvalue weighted by Gasteiger charge is -2.31. The lowest BCUT2D eigenvalue weighted by molar-refractivity contribution is 0.0198. The van der Waals surface area contributed by atoms with Gasteiger partial charge in [0.2, 0.25) is 0 Å². The van der Waals surface area contributed by atoms with Crippen LogP contribution in [0.1, 0.15) is 23.7 Å². The second-order valence-corrected chi connectivity index (χ2v) is 4.93. The van der Waals surface area contributed by atoms with Gasteiger partial charge in [-0.3, -0.25) is 4.90 Å². The first kappa shape index (κ1) is 12.0. The number of ether oxygens (including phenoxy) is 1. The molecule has 1 atom stereocenters. The fourth-order valence-corrected chi connectivity index (χ4v) is 2.84. The number of hydrogen-bond donors (Lipinski definition) is 1. The topological polar surface area (TPSA) is 51.4 Å². The normalized spacial score (nSPS) is 19.9.